The molecule has 146 valence electrons. The molecule has 7 heteroatoms. The molecular formula is C20H27N3O4. The highest BCUT2D eigenvalue weighted by molar-refractivity contribution is 5.94. The predicted octanol–water partition coefficient (Wildman–Crippen LogP) is 1.72. The smallest absolute Gasteiger partial charge is 0.255 e. The summed E-state index contributed by atoms with van der Waals surface area (Å²) in [5, 5.41) is 0. The van der Waals surface area contributed by atoms with E-state index >= 15 is 0 Å². The maximum Gasteiger partial charge on any atom is 0.255 e. The molecular weight excluding hydrogens is 346 g/mol. The molecule has 3 aliphatic rings. The number of pyridine rings is 1. The minimum Gasteiger partial charge on any atom is -0.474 e. The number of morpholine rings is 1. The number of carbonyl (C=O) groups is 2. The van der Waals surface area contributed by atoms with Crippen LogP contribution in [-0.2, 0) is 9.53 Å². The van der Waals surface area contributed by atoms with Crippen molar-refractivity contribution in [2.75, 3.05) is 39.4 Å². The Bertz CT molecular complexity index is 660. The van der Waals surface area contributed by atoms with Gasteiger partial charge >= 0.3 is 0 Å². The van der Waals surface area contributed by atoms with Crippen LogP contribution < -0.4 is 4.74 Å². The molecule has 0 N–H and O–H groups in total. The monoisotopic (exact) mass is 373 g/mol. The zero-order chi connectivity index (χ0) is 18.6. The molecule has 0 unspecified atom stereocenters. The Morgan fingerprint density at radius 1 is 1.00 bits per heavy atom. The Morgan fingerprint density at radius 3 is 2.33 bits per heavy atom. The van der Waals surface area contributed by atoms with Gasteiger partial charge in [0.2, 0.25) is 11.8 Å². The molecule has 1 aliphatic carbocycles. The van der Waals surface area contributed by atoms with E-state index in [0.717, 1.165) is 38.8 Å². The van der Waals surface area contributed by atoms with Crippen LogP contribution in [0.4, 0.5) is 0 Å². The molecule has 0 aromatic carbocycles. The first-order chi connectivity index (χ1) is 13.2. The van der Waals surface area contributed by atoms with Gasteiger partial charge in [0, 0.05) is 57.2 Å². The van der Waals surface area contributed by atoms with Gasteiger partial charge in [0.15, 0.2) is 0 Å². The van der Waals surface area contributed by atoms with E-state index in [2.05, 4.69) is 4.98 Å². The van der Waals surface area contributed by atoms with E-state index in [1.807, 2.05) is 4.90 Å². The average molecular weight is 373 g/mol. The van der Waals surface area contributed by atoms with Crippen LogP contribution in [-0.4, -0.2) is 72.1 Å². The van der Waals surface area contributed by atoms with Crippen molar-refractivity contribution in [3.63, 3.8) is 0 Å². The van der Waals surface area contributed by atoms with E-state index < -0.39 is 0 Å². The van der Waals surface area contributed by atoms with Crippen LogP contribution in [0.5, 0.6) is 5.88 Å². The van der Waals surface area contributed by atoms with E-state index in [-0.39, 0.29) is 17.9 Å². The van der Waals surface area contributed by atoms with Crippen LogP contribution in [0.15, 0.2) is 18.3 Å². The summed E-state index contributed by atoms with van der Waals surface area (Å²) < 4.78 is 11.3. The molecule has 7 nitrogen and oxygen atoms in total. The molecule has 1 aromatic rings. The normalized spacial score (nSPS) is 21.6. The molecule has 0 spiro atoms. The first-order valence-electron chi connectivity index (χ1n) is 9.99. The van der Waals surface area contributed by atoms with Crippen molar-refractivity contribution in [3.8, 4) is 5.88 Å². The van der Waals surface area contributed by atoms with Crippen molar-refractivity contribution in [1.82, 2.24) is 14.8 Å². The SMILES string of the molecule is O=C(c1ccc(OC2CCN(C(=O)C3CCC3)CC2)nc1)N1CCOCC1. The number of hydrogen-bond donors (Lipinski definition) is 0. The van der Waals surface area contributed by atoms with Crippen LogP contribution in [0.3, 0.4) is 0 Å². The number of carbonyl (C=O) groups excluding carboxylic acids is 2. The highest BCUT2D eigenvalue weighted by Crippen LogP contribution is 2.29. The van der Waals surface area contributed by atoms with Crippen LogP contribution in [0, 0.1) is 5.92 Å². The van der Waals surface area contributed by atoms with Crippen molar-refractivity contribution in [2.24, 2.45) is 5.92 Å². The summed E-state index contributed by atoms with van der Waals surface area (Å²) in [4.78, 5) is 32.8. The fourth-order valence-corrected chi connectivity index (χ4v) is 3.80. The molecule has 3 fully saturated rings. The number of amides is 2. The van der Waals surface area contributed by atoms with Gasteiger partial charge in [-0.25, -0.2) is 4.98 Å². The highest BCUT2D eigenvalue weighted by atomic mass is 16.5. The Balaban J connectivity index is 1.26. The number of hydrogen-bond acceptors (Lipinski definition) is 5. The molecule has 2 aliphatic heterocycles. The maximum absolute atomic E-state index is 12.4. The van der Waals surface area contributed by atoms with Gasteiger partial charge in [0.05, 0.1) is 18.8 Å². The Labute approximate surface area is 159 Å². The van der Waals surface area contributed by atoms with Crippen molar-refractivity contribution in [1.29, 1.82) is 0 Å². The maximum atomic E-state index is 12.4. The van der Waals surface area contributed by atoms with E-state index in [4.69, 9.17) is 9.47 Å². The zero-order valence-corrected chi connectivity index (χ0v) is 15.6. The summed E-state index contributed by atoms with van der Waals surface area (Å²) in [6, 6.07) is 3.54. The van der Waals surface area contributed by atoms with Crippen LogP contribution >= 0.6 is 0 Å². The lowest BCUT2D eigenvalue weighted by molar-refractivity contribution is -0.140. The molecule has 0 radical (unpaired) electrons. The quantitative estimate of drug-likeness (QED) is 0.804. The van der Waals surface area contributed by atoms with E-state index in [1.54, 1.807) is 23.2 Å². The number of rotatable bonds is 4. The van der Waals surface area contributed by atoms with E-state index in [9.17, 15) is 9.59 Å². The second-order valence-electron chi connectivity index (χ2n) is 7.56. The molecule has 27 heavy (non-hydrogen) atoms. The molecule has 1 aromatic heterocycles. The number of piperidine rings is 1. The summed E-state index contributed by atoms with van der Waals surface area (Å²) in [5.41, 5.74) is 0.574. The molecule has 2 amide bonds. The first-order valence-corrected chi connectivity index (χ1v) is 9.99. The third-order valence-corrected chi connectivity index (χ3v) is 5.78. The summed E-state index contributed by atoms with van der Waals surface area (Å²) in [5.74, 6) is 1.11. The van der Waals surface area contributed by atoms with Crippen LogP contribution in [0.1, 0.15) is 42.5 Å². The fraction of sp³-hybridized carbons (Fsp3) is 0.650. The second kappa shape index (κ2) is 8.25. The standard InChI is InChI=1S/C20H27N3O4/c24-19(15-2-1-3-15)22-8-6-17(7-9-22)27-18-5-4-16(14-21-18)20(25)23-10-12-26-13-11-23/h4-5,14-15,17H,1-3,6-13H2. The largest absolute Gasteiger partial charge is 0.474 e. The molecule has 1 saturated carbocycles. The second-order valence-corrected chi connectivity index (χ2v) is 7.56. The molecule has 0 bridgehead atoms. The average Bonchev–Trinajstić information content (AvgIpc) is 2.68. The topological polar surface area (TPSA) is 72.0 Å². The molecule has 2 saturated heterocycles. The van der Waals surface area contributed by atoms with Gasteiger partial charge < -0.3 is 19.3 Å². The minimum atomic E-state index is -0.0137. The van der Waals surface area contributed by atoms with Crippen LogP contribution in [0.2, 0.25) is 0 Å². The number of nitrogens with zero attached hydrogens (tertiary/aromatic N) is 3. The lowest BCUT2D eigenvalue weighted by atomic mass is 9.84. The van der Waals surface area contributed by atoms with Crippen molar-refractivity contribution in [2.45, 2.75) is 38.2 Å². The van der Waals surface area contributed by atoms with E-state index in [0.29, 0.717) is 43.7 Å². The van der Waals surface area contributed by atoms with Crippen molar-refractivity contribution < 1.29 is 19.1 Å². The van der Waals surface area contributed by atoms with Crippen LogP contribution in [0.25, 0.3) is 0 Å². The Morgan fingerprint density at radius 2 is 1.74 bits per heavy atom. The minimum absolute atomic E-state index is 0.0137. The summed E-state index contributed by atoms with van der Waals surface area (Å²) in [6.07, 6.45) is 6.60. The molecule has 0 atom stereocenters. The third kappa shape index (κ3) is 4.24. The number of aromatic nitrogens is 1. The van der Waals surface area contributed by atoms with Gasteiger partial charge in [-0.05, 0) is 18.9 Å². The Hall–Kier alpha value is -2.15. The van der Waals surface area contributed by atoms with Gasteiger partial charge in [-0.2, -0.15) is 0 Å². The van der Waals surface area contributed by atoms with Gasteiger partial charge in [-0.3, -0.25) is 9.59 Å². The zero-order valence-electron chi connectivity index (χ0n) is 15.6. The summed E-state index contributed by atoms with van der Waals surface area (Å²) in [7, 11) is 0. The lowest BCUT2D eigenvalue weighted by Gasteiger charge is -2.36. The summed E-state index contributed by atoms with van der Waals surface area (Å²) in [6.45, 7) is 3.93. The first kappa shape index (κ1) is 18.2. The van der Waals surface area contributed by atoms with Gasteiger partial charge in [-0.15, -0.1) is 0 Å². The fourth-order valence-electron chi connectivity index (χ4n) is 3.80. The Kier molecular flexibility index (Phi) is 5.57. The van der Waals surface area contributed by atoms with E-state index in [1.165, 1.54) is 6.42 Å². The molecule has 3 heterocycles. The van der Waals surface area contributed by atoms with Crippen molar-refractivity contribution >= 4 is 11.8 Å². The predicted molar refractivity (Wildman–Crippen MR) is 98.5 cm³/mol. The highest BCUT2D eigenvalue weighted by Gasteiger charge is 2.32. The third-order valence-electron chi connectivity index (χ3n) is 5.78. The van der Waals surface area contributed by atoms with Crippen molar-refractivity contribution in [3.05, 3.63) is 23.9 Å². The number of likely N-dealkylation sites (tertiary alicyclic amines) is 1. The lowest BCUT2D eigenvalue weighted by Crippen LogP contribution is -2.45. The molecule has 4 rings (SSSR count). The summed E-state index contributed by atoms with van der Waals surface area (Å²) >= 11 is 0. The van der Waals surface area contributed by atoms with Gasteiger partial charge in [-0.1, -0.05) is 6.42 Å². The van der Waals surface area contributed by atoms with Gasteiger partial charge in [0.25, 0.3) is 5.91 Å². The number of ether oxygens (including phenoxy) is 2. The van der Waals surface area contributed by atoms with Gasteiger partial charge in [0.1, 0.15) is 6.10 Å².